The molecular formula is C31H38ClF2N3O4S. The lowest BCUT2D eigenvalue weighted by molar-refractivity contribution is -0.0144. The first-order valence-corrected chi connectivity index (χ1v) is 17.0. The van der Waals surface area contributed by atoms with Crippen molar-refractivity contribution in [2.24, 2.45) is 0 Å². The summed E-state index contributed by atoms with van der Waals surface area (Å²) in [7, 11) is -4.43. The van der Waals surface area contributed by atoms with Crippen LogP contribution < -0.4 is 0 Å². The highest BCUT2D eigenvalue weighted by Gasteiger charge is 2.60. The number of rotatable bonds is 6. The second kappa shape index (κ2) is 12.0. The van der Waals surface area contributed by atoms with Crippen LogP contribution in [0.2, 0.25) is 5.02 Å². The van der Waals surface area contributed by atoms with Crippen LogP contribution in [0.4, 0.5) is 13.6 Å². The van der Waals surface area contributed by atoms with Gasteiger partial charge in [0.25, 0.3) is 0 Å². The van der Waals surface area contributed by atoms with E-state index in [1.165, 1.54) is 47.8 Å². The van der Waals surface area contributed by atoms with Gasteiger partial charge in [0.05, 0.1) is 12.1 Å². The normalized spacial score (nSPS) is 25.7. The number of benzene rings is 2. The number of carbonyl (C=O) groups is 1. The fourth-order valence-electron chi connectivity index (χ4n) is 7.19. The van der Waals surface area contributed by atoms with Gasteiger partial charge < -0.3 is 14.5 Å². The molecule has 11 heteroatoms. The molecule has 1 amide bonds. The van der Waals surface area contributed by atoms with Gasteiger partial charge in [0, 0.05) is 24.2 Å². The predicted octanol–water partition coefficient (Wildman–Crippen LogP) is 6.52. The lowest BCUT2D eigenvalue weighted by Gasteiger charge is -2.45. The first-order chi connectivity index (χ1) is 20.2. The maximum atomic E-state index is 15.1. The van der Waals surface area contributed by atoms with Crippen LogP contribution in [-0.4, -0.2) is 72.5 Å². The van der Waals surface area contributed by atoms with Crippen molar-refractivity contribution in [3.63, 3.8) is 0 Å². The van der Waals surface area contributed by atoms with E-state index in [0.29, 0.717) is 56.8 Å². The fourth-order valence-corrected chi connectivity index (χ4v) is 9.32. The largest absolute Gasteiger partial charge is 0.441 e. The zero-order chi connectivity index (χ0) is 29.5. The number of amides is 1. The van der Waals surface area contributed by atoms with Crippen LogP contribution in [0.5, 0.6) is 0 Å². The van der Waals surface area contributed by atoms with Crippen molar-refractivity contribution in [3.05, 3.63) is 64.7 Å². The van der Waals surface area contributed by atoms with Crippen LogP contribution >= 0.6 is 11.6 Å². The molecular weight excluding hydrogens is 584 g/mol. The summed E-state index contributed by atoms with van der Waals surface area (Å²) >= 11 is 5.94. The minimum absolute atomic E-state index is 0.0833. The van der Waals surface area contributed by atoms with E-state index in [9.17, 15) is 17.6 Å². The summed E-state index contributed by atoms with van der Waals surface area (Å²) in [5.74, 6) is -1.44. The lowest BCUT2D eigenvalue weighted by Crippen LogP contribution is -2.55. The molecule has 3 heterocycles. The lowest BCUT2D eigenvalue weighted by atomic mass is 9.90. The van der Waals surface area contributed by atoms with E-state index >= 15 is 4.39 Å². The summed E-state index contributed by atoms with van der Waals surface area (Å²) in [6.07, 6.45) is 7.65. The van der Waals surface area contributed by atoms with Gasteiger partial charge >= 0.3 is 6.09 Å². The molecule has 6 rings (SSSR count). The third kappa shape index (κ3) is 5.92. The third-order valence-electron chi connectivity index (χ3n) is 9.52. The zero-order valence-corrected chi connectivity index (χ0v) is 25.3. The zero-order valence-electron chi connectivity index (χ0n) is 23.7. The molecule has 4 fully saturated rings. The predicted molar refractivity (Wildman–Crippen MR) is 156 cm³/mol. The highest BCUT2D eigenvalue weighted by Crippen LogP contribution is 2.53. The van der Waals surface area contributed by atoms with Crippen LogP contribution in [0.3, 0.4) is 0 Å². The highest BCUT2D eigenvalue weighted by molar-refractivity contribution is 7.89. The Hall–Kier alpha value is -2.27. The standard InChI is InChI=1S/C31H38ClF2N3O4S/c32-23-10-11-28(26(34)21-23)42(39,40)37-27(22-6-4-7-24(33)20-22)8-5-9-29(37)31(14-15-31)41-30(38)36-18-12-25(13-19-36)35-16-2-1-3-17-35/h4,6-7,10-11,20-21,25,27,29H,1-3,5,8-9,12-19H2/t27-,29+/m0/s1. The molecule has 2 aromatic rings. The molecule has 1 saturated carbocycles. The summed E-state index contributed by atoms with van der Waals surface area (Å²) in [5, 5.41) is 0.0833. The molecule has 4 aliphatic rings. The first-order valence-electron chi connectivity index (χ1n) is 15.1. The monoisotopic (exact) mass is 621 g/mol. The Labute approximate surface area is 251 Å². The average molecular weight is 622 g/mol. The second-order valence-electron chi connectivity index (χ2n) is 12.2. The molecule has 2 aromatic carbocycles. The maximum absolute atomic E-state index is 15.1. The van der Waals surface area contributed by atoms with E-state index in [1.54, 1.807) is 17.0 Å². The maximum Gasteiger partial charge on any atom is 0.410 e. The van der Waals surface area contributed by atoms with Crippen LogP contribution in [0.15, 0.2) is 47.4 Å². The third-order valence-corrected chi connectivity index (χ3v) is 11.7. The van der Waals surface area contributed by atoms with Gasteiger partial charge in [-0.2, -0.15) is 4.31 Å². The van der Waals surface area contributed by atoms with E-state index in [2.05, 4.69) is 4.90 Å². The van der Waals surface area contributed by atoms with Crippen molar-refractivity contribution in [3.8, 4) is 0 Å². The van der Waals surface area contributed by atoms with Crippen LogP contribution in [0.25, 0.3) is 0 Å². The van der Waals surface area contributed by atoms with Gasteiger partial charge in [-0.1, -0.05) is 30.2 Å². The molecule has 1 aliphatic carbocycles. The molecule has 0 bridgehead atoms. The minimum atomic E-state index is -4.43. The molecule has 7 nitrogen and oxygen atoms in total. The number of carbonyl (C=O) groups excluding carboxylic acids is 1. The summed E-state index contributed by atoms with van der Waals surface area (Å²) in [4.78, 5) is 17.3. The van der Waals surface area contributed by atoms with Crippen molar-refractivity contribution in [2.45, 2.75) is 92.8 Å². The van der Waals surface area contributed by atoms with Crippen LogP contribution in [0, 0.1) is 11.6 Å². The summed E-state index contributed by atoms with van der Waals surface area (Å²) < 4.78 is 65.4. The molecule has 0 radical (unpaired) electrons. The average Bonchev–Trinajstić information content (AvgIpc) is 3.77. The molecule has 0 aromatic heterocycles. The fraction of sp³-hybridized carbons (Fsp3) is 0.581. The van der Waals surface area contributed by atoms with Gasteiger partial charge in [0.2, 0.25) is 10.0 Å². The van der Waals surface area contributed by atoms with Crippen molar-refractivity contribution >= 4 is 27.7 Å². The van der Waals surface area contributed by atoms with E-state index < -0.39 is 50.3 Å². The Morgan fingerprint density at radius 1 is 0.905 bits per heavy atom. The topological polar surface area (TPSA) is 70.2 Å². The number of ether oxygens (including phenoxy) is 1. The first kappa shape index (κ1) is 29.8. The molecule has 42 heavy (non-hydrogen) atoms. The second-order valence-corrected chi connectivity index (χ2v) is 14.4. The van der Waals surface area contributed by atoms with E-state index in [0.717, 1.165) is 32.0 Å². The summed E-state index contributed by atoms with van der Waals surface area (Å²) in [6, 6.07) is 8.37. The van der Waals surface area contributed by atoms with Crippen molar-refractivity contribution in [2.75, 3.05) is 26.2 Å². The Morgan fingerprint density at radius 3 is 2.31 bits per heavy atom. The van der Waals surface area contributed by atoms with Crippen LogP contribution in [-0.2, 0) is 14.8 Å². The number of sulfonamides is 1. The number of nitrogens with zero attached hydrogens (tertiary/aromatic N) is 3. The van der Waals surface area contributed by atoms with Gasteiger partial charge in [-0.15, -0.1) is 0 Å². The van der Waals surface area contributed by atoms with Crippen molar-refractivity contribution in [1.82, 2.24) is 14.1 Å². The molecule has 0 spiro atoms. The van der Waals surface area contributed by atoms with Crippen molar-refractivity contribution < 1.29 is 26.7 Å². The smallest absolute Gasteiger partial charge is 0.410 e. The molecule has 0 unspecified atom stereocenters. The Kier molecular flexibility index (Phi) is 8.52. The minimum Gasteiger partial charge on any atom is -0.441 e. The van der Waals surface area contributed by atoms with Gasteiger partial charge in [-0.3, -0.25) is 0 Å². The number of halogens is 3. The molecule has 3 saturated heterocycles. The molecule has 3 aliphatic heterocycles. The molecule has 0 N–H and O–H groups in total. The van der Waals surface area contributed by atoms with Gasteiger partial charge in [-0.05, 0) is 107 Å². The van der Waals surface area contributed by atoms with Crippen LogP contribution in [0.1, 0.15) is 75.8 Å². The van der Waals surface area contributed by atoms with Crippen molar-refractivity contribution in [1.29, 1.82) is 0 Å². The Bertz CT molecular complexity index is 1410. The molecule has 228 valence electrons. The summed E-state index contributed by atoms with van der Waals surface area (Å²) in [5.41, 5.74) is -0.525. The number of hydrogen-bond donors (Lipinski definition) is 0. The Balaban J connectivity index is 1.26. The summed E-state index contributed by atoms with van der Waals surface area (Å²) in [6.45, 7) is 3.44. The molecule has 2 atom stereocenters. The highest BCUT2D eigenvalue weighted by atomic mass is 35.5. The van der Waals surface area contributed by atoms with Gasteiger partial charge in [0.1, 0.15) is 22.1 Å². The van der Waals surface area contributed by atoms with Gasteiger partial charge in [-0.25, -0.2) is 22.0 Å². The van der Waals surface area contributed by atoms with Gasteiger partial charge in [0.15, 0.2) is 0 Å². The number of piperidine rings is 3. The van der Waals surface area contributed by atoms with E-state index in [1.807, 2.05) is 0 Å². The Morgan fingerprint density at radius 2 is 1.64 bits per heavy atom. The van der Waals surface area contributed by atoms with E-state index in [4.69, 9.17) is 16.3 Å². The SMILES string of the molecule is O=C(OC1([C@H]2CCC[C@@H](c3cccc(F)c3)N2S(=O)(=O)c2ccc(Cl)cc2F)CC1)N1CCC(N2CCCCC2)CC1. The number of likely N-dealkylation sites (tertiary alicyclic amines) is 2. The number of hydrogen-bond acceptors (Lipinski definition) is 5. The van der Waals surface area contributed by atoms with E-state index in [-0.39, 0.29) is 5.02 Å². The quantitative estimate of drug-likeness (QED) is 0.367.